The van der Waals surface area contributed by atoms with Crippen molar-refractivity contribution in [2.75, 3.05) is 49.1 Å². The van der Waals surface area contributed by atoms with Crippen LogP contribution < -0.4 is 20.4 Å². The van der Waals surface area contributed by atoms with Crippen LogP contribution >= 0.6 is 27.5 Å². The molecule has 12 heteroatoms. The first-order valence-corrected chi connectivity index (χ1v) is 11.6. The Morgan fingerprint density at radius 1 is 1.21 bits per heavy atom. The Kier molecular flexibility index (Phi) is 7.66. The molecule has 0 radical (unpaired) electrons. The van der Waals surface area contributed by atoms with E-state index in [-0.39, 0.29) is 11.7 Å². The first kappa shape index (κ1) is 24.0. The second-order valence-electron chi connectivity index (χ2n) is 7.36. The maximum absolute atomic E-state index is 10.2. The van der Waals surface area contributed by atoms with Gasteiger partial charge in [0.1, 0.15) is 0 Å². The number of halogens is 2. The molecule has 1 saturated heterocycles. The van der Waals surface area contributed by atoms with Crippen LogP contribution in [0.3, 0.4) is 0 Å². The van der Waals surface area contributed by atoms with Crippen molar-refractivity contribution >= 4 is 57.3 Å². The van der Waals surface area contributed by atoms with Crippen molar-refractivity contribution in [1.29, 1.82) is 0 Å². The highest BCUT2D eigenvalue weighted by atomic mass is 79.9. The van der Waals surface area contributed by atoms with Gasteiger partial charge in [0.15, 0.2) is 11.5 Å². The van der Waals surface area contributed by atoms with Crippen LogP contribution in [0.1, 0.15) is 11.1 Å². The molecule has 10 nitrogen and oxygen atoms in total. The second-order valence-corrected chi connectivity index (χ2v) is 8.62. The topological polar surface area (TPSA) is 117 Å². The molecular weight excluding hydrogens is 526 g/mol. The smallest absolute Gasteiger partial charge is 0.250 e. The Hall–Kier alpha value is -3.15. The molecule has 2 aromatic carbocycles. The summed E-state index contributed by atoms with van der Waals surface area (Å²) in [4.78, 5) is 15.5. The SMILES string of the molecule is COc1cccc(/C=N\Nc2nc(Nc3cc(Cl)c(C)cc3Br)nc(N3CCOCC3)n2)c1O. The Morgan fingerprint density at radius 3 is 2.74 bits per heavy atom. The van der Waals surface area contributed by atoms with Gasteiger partial charge in [0.05, 0.1) is 32.2 Å². The maximum atomic E-state index is 10.2. The van der Waals surface area contributed by atoms with Gasteiger partial charge in [-0.15, -0.1) is 0 Å². The minimum atomic E-state index is -0.0105. The quantitative estimate of drug-likeness (QED) is 0.293. The number of hydrogen-bond donors (Lipinski definition) is 3. The Bertz CT molecular complexity index is 1210. The molecule has 0 atom stereocenters. The van der Waals surface area contributed by atoms with Gasteiger partial charge in [0.25, 0.3) is 0 Å². The number of anilines is 4. The summed E-state index contributed by atoms with van der Waals surface area (Å²) >= 11 is 9.85. The predicted molar refractivity (Wildman–Crippen MR) is 136 cm³/mol. The fourth-order valence-corrected chi connectivity index (χ4v) is 3.93. The molecule has 0 aliphatic carbocycles. The zero-order chi connectivity index (χ0) is 24.1. The first-order chi connectivity index (χ1) is 16.4. The average molecular weight is 549 g/mol. The van der Waals surface area contributed by atoms with Crippen LogP contribution in [0.15, 0.2) is 39.9 Å². The van der Waals surface area contributed by atoms with E-state index in [1.165, 1.54) is 13.3 Å². The summed E-state index contributed by atoms with van der Waals surface area (Å²) in [6.45, 7) is 4.41. The fraction of sp³-hybridized carbons (Fsp3) is 0.273. The predicted octanol–water partition coefficient (Wildman–Crippen LogP) is 4.34. The molecule has 0 unspecified atom stereocenters. The van der Waals surface area contributed by atoms with E-state index >= 15 is 0 Å². The molecule has 3 N–H and O–H groups in total. The Balaban J connectivity index is 1.62. The lowest BCUT2D eigenvalue weighted by Gasteiger charge is -2.27. The summed E-state index contributed by atoms with van der Waals surface area (Å²) in [6, 6.07) is 8.84. The van der Waals surface area contributed by atoms with Crippen molar-refractivity contribution in [3.05, 3.63) is 51.0 Å². The summed E-state index contributed by atoms with van der Waals surface area (Å²) in [7, 11) is 1.49. The van der Waals surface area contributed by atoms with Crippen LogP contribution in [0.2, 0.25) is 5.02 Å². The highest BCUT2D eigenvalue weighted by Crippen LogP contribution is 2.31. The molecule has 178 valence electrons. The van der Waals surface area contributed by atoms with Gasteiger partial charge in [-0.2, -0.15) is 20.1 Å². The van der Waals surface area contributed by atoms with Crippen LogP contribution in [0, 0.1) is 6.92 Å². The molecule has 1 aliphatic heterocycles. The molecule has 4 rings (SSSR count). The molecule has 0 saturated carbocycles. The number of hydrazone groups is 1. The number of aromatic hydroxyl groups is 1. The molecule has 3 aromatic rings. The first-order valence-electron chi connectivity index (χ1n) is 10.4. The van der Waals surface area contributed by atoms with Gasteiger partial charge in [-0.1, -0.05) is 17.7 Å². The highest BCUT2D eigenvalue weighted by molar-refractivity contribution is 9.10. The van der Waals surface area contributed by atoms with Gasteiger partial charge in [0, 0.05) is 28.1 Å². The van der Waals surface area contributed by atoms with Gasteiger partial charge in [-0.05, 0) is 52.7 Å². The number of methoxy groups -OCH3 is 1. The molecule has 1 fully saturated rings. The maximum Gasteiger partial charge on any atom is 0.250 e. The molecule has 1 aromatic heterocycles. The molecule has 0 amide bonds. The van der Waals surface area contributed by atoms with E-state index in [0.717, 1.165) is 10.0 Å². The van der Waals surface area contributed by atoms with Crippen molar-refractivity contribution in [2.45, 2.75) is 6.92 Å². The number of aryl methyl sites for hydroxylation is 1. The number of phenolic OH excluding ortho intramolecular Hbond substituents is 1. The third kappa shape index (κ3) is 5.66. The zero-order valence-corrected chi connectivity index (χ0v) is 20.9. The lowest BCUT2D eigenvalue weighted by molar-refractivity contribution is 0.122. The minimum Gasteiger partial charge on any atom is -0.504 e. The number of para-hydroxylation sites is 1. The monoisotopic (exact) mass is 547 g/mol. The Morgan fingerprint density at radius 2 is 1.97 bits per heavy atom. The number of benzene rings is 2. The van der Waals surface area contributed by atoms with Crippen LogP contribution in [-0.2, 0) is 4.74 Å². The van der Waals surface area contributed by atoms with Gasteiger partial charge in [0.2, 0.25) is 17.8 Å². The zero-order valence-electron chi connectivity index (χ0n) is 18.5. The summed E-state index contributed by atoms with van der Waals surface area (Å²) in [5, 5.41) is 18.2. The van der Waals surface area contributed by atoms with E-state index < -0.39 is 0 Å². The number of rotatable bonds is 7. The van der Waals surface area contributed by atoms with Crippen molar-refractivity contribution in [3.63, 3.8) is 0 Å². The standard InChI is InChI=1S/C22H23BrClN7O3/c1-13-10-15(23)17(11-16(13)24)26-20-27-21(29-22(28-20)31-6-8-34-9-7-31)30-25-12-14-4-3-5-18(33-2)19(14)32/h3-5,10-12,32H,6-9H2,1-2H3,(H2,26,27,28,29,30)/b25-12-. The number of morpholine rings is 1. The van der Waals surface area contributed by atoms with E-state index in [0.29, 0.717) is 60.2 Å². The average Bonchev–Trinajstić information content (AvgIpc) is 2.84. The number of hydrogen-bond acceptors (Lipinski definition) is 10. The molecule has 1 aliphatic rings. The van der Waals surface area contributed by atoms with Gasteiger partial charge >= 0.3 is 0 Å². The van der Waals surface area contributed by atoms with Crippen LogP contribution in [0.25, 0.3) is 0 Å². The third-order valence-corrected chi connectivity index (χ3v) is 6.09. The molecule has 0 spiro atoms. The van der Waals surface area contributed by atoms with E-state index in [1.807, 2.05) is 17.9 Å². The number of ether oxygens (including phenoxy) is 2. The lowest BCUT2D eigenvalue weighted by Crippen LogP contribution is -2.37. The molecule has 34 heavy (non-hydrogen) atoms. The van der Waals surface area contributed by atoms with E-state index in [4.69, 9.17) is 21.1 Å². The van der Waals surface area contributed by atoms with Crippen molar-refractivity contribution in [1.82, 2.24) is 15.0 Å². The number of aromatic nitrogens is 3. The normalized spacial score (nSPS) is 13.8. The summed E-state index contributed by atoms with van der Waals surface area (Å²) < 4.78 is 11.4. The van der Waals surface area contributed by atoms with Crippen molar-refractivity contribution in [2.24, 2.45) is 5.10 Å². The number of nitrogens with one attached hydrogen (secondary N) is 2. The Labute approximate surface area is 210 Å². The second kappa shape index (κ2) is 10.9. The van der Waals surface area contributed by atoms with Crippen LogP contribution in [0.4, 0.5) is 23.5 Å². The van der Waals surface area contributed by atoms with Gasteiger partial charge in [-0.25, -0.2) is 5.43 Å². The highest BCUT2D eigenvalue weighted by Gasteiger charge is 2.17. The summed E-state index contributed by atoms with van der Waals surface area (Å²) in [5.74, 6) is 1.37. The summed E-state index contributed by atoms with van der Waals surface area (Å²) in [5.41, 5.74) is 4.95. The van der Waals surface area contributed by atoms with Crippen molar-refractivity contribution in [3.8, 4) is 11.5 Å². The lowest BCUT2D eigenvalue weighted by atomic mass is 10.2. The minimum absolute atomic E-state index is 0.0105. The van der Waals surface area contributed by atoms with Crippen LogP contribution in [-0.4, -0.2) is 59.7 Å². The van der Waals surface area contributed by atoms with E-state index in [9.17, 15) is 5.11 Å². The number of phenols is 1. The van der Waals surface area contributed by atoms with Crippen LogP contribution in [0.5, 0.6) is 11.5 Å². The molecule has 0 bridgehead atoms. The van der Waals surface area contributed by atoms with E-state index in [1.54, 1.807) is 24.3 Å². The van der Waals surface area contributed by atoms with E-state index in [2.05, 4.69) is 46.7 Å². The summed E-state index contributed by atoms with van der Waals surface area (Å²) in [6.07, 6.45) is 1.46. The van der Waals surface area contributed by atoms with Gasteiger partial charge < -0.3 is 24.8 Å². The van der Waals surface area contributed by atoms with Gasteiger partial charge in [-0.3, -0.25) is 0 Å². The molecule has 2 heterocycles. The largest absolute Gasteiger partial charge is 0.504 e. The number of nitrogens with zero attached hydrogens (tertiary/aromatic N) is 5. The third-order valence-electron chi connectivity index (χ3n) is 5.03. The van der Waals surface area contributed by atoms with Crippen molar-refractivity contribution < 1.29 is 14.6 Å². The fourth-order valence-electron chi connectivity index (χ4n) is 3.21. The molecular formula is C22H23BrClN7O3.